The second kappa shape index (κ2) is 3.77. The second-order valence-corrected chi connectivity index (χ2v) is 4.19. The number of aromatic nitrogens is 2. The van der Waals surface area contributed by atoms with Crippen molar-refractivity contribution in [1.29, 1.82) is 0 Å². The molecular formula is C9H16N4O. The van der Waals surface area contributed by atoms with Crippen LogP contribution in [-0.4, -0.2) is 16.0 Å². The smallest absolute Gasteiger partial charge is 0.248 e. The maximum Gasteiger partial charge on any atom is 0.248 e. The van der Waals surface area contributed by atoms with Gasteiger partial charge in [-0.2, -0.15) is 4.98 Å². The van der Waals surface area contributed by atoms with E-state index in [4.69, 9.17) is 10.3 Å². The Morgan fingerprint density at radius 1 is 1.50 bits per heavy atom. The van der Waals surface area contributed by atoms with Gasteiger partial charge in [0.25, 0.3) is 0 Å². The van der Waals surface area contributed by atoms with Gasteiger partial charge in [0, 0.05) is 5.41 Å². The largest absolute Gasteiger partial charge is 0.387 e. The Bertz CT molecular complexity index is 335. The quantitative estimate of drug-likeness (QED) is 0.571. The van der Waals surface area contributed by atoms with Crippen molar-refractivity contribution in [3.05, 3.63) is 11.7 Å². The lowest BCUT2D eigenvalue weighted by Crippen LogP contribution is -2.29. The summed E-state index contributed by atoms with van der Waals surface area (Å²) in [7, 11) is 0. The molecule has 0 saturated heterocycles. The summed E-state index contributed by atoms with van der Waals surface area (Å²) >= 11 is 0. The van der Waals surface area contributed by atoms with Crippen LogP contribution >= 0.6 is 0 Å². The van der Waals surface area contributed by atoms with Crippen LogP contribution in [0.3, 0.4) is 0 Å². The molecule has 5 nitrogen and oxygen atoms in total. The third kappa shape index (κ3) is 2.83. The first-order valence-electron chi connectivity index (χ1n) is 4.49. The van der Waals surface area contributed by atoms with Crippen molar-refractivity contribution in [1.82, 2.24) is 10.1 Å². The maximum absolute atomic E-state index is 5.77. The van der Waals surface area contributed by atoms with E-state index in [9.17, 15) is 0 Å². The van der Waals surface area contributed by atoms with Crippen LogP contribution in [0.25, 0.3) is 0 Å². The Morgan fingerprint density at radius 3 is 2.57 bits per heavy atom. The highest BCUT2D eigenvalue weighted by Gasteiger charge is 2.15. The fourth-order valence-corrected chi connectivity index (χ4v) is 0.794. The molecule has 0 aliphatic carbocycles. The molecule has 0 unspecified atom stereocenters. The molecule has 14 heavy (non-hydrogen) atoms. The molecule has 2 N–H and O–H groups in total. The zero-order valence-corrected chi connectivity index (χ0v) is 9.03. The van der Waals surface area contributed by atoms with Gasteiger partial charge in [0.2, 0.25) is 5.89 Å². The van der Waals surface area contributed by atoms with E-state index < -0.39 is 0 Å². The highest BCUT2D eigenvalue weighted by atomic mass is 16.5. The molecule has 5 heteroatoms. The van der Waals surface area contributed by atoms with Crippen molar-refractivity contribution in [2.75, 3.05) is 0 Å². The van der Waals surface area contributed by atoms with Crippen LogP contribution in [0.4, 0.5) is 0 Å². The zero-order valence-electron chi connectivity index (χ0n) is 9.03. The summed E-state index contributed by atoms with van der Waals surface area (Å²) < 4.78 is 4.90. The number of aryl methyl sites for hydroxylation is 1. The van der Waals surface area contributed by atoms with Gasteiger partial charge in [-0.05, 0) is 6.92 Å². The minimum atomic E-state index is -0.116. The third-order valence-electron chi connectivity index (χ3n) is 1.72. The normalized spacial score (nSPS) is 13.3. The molecule has 0 aliphatic heterocycles. The predicted octanol–water partition coefficient (Wildman–Crippen LogP) is 1.28. The van der Waals surface area contributed by atoms with Gasteiger partial charge in [0.15, 0.2) is 5.82 Å². The van der Waals surface area contributed by atoms with Crippen LogP contribution in [0.1, 0.15) is 32.5 Å². The van der Waals surface area contributed by atoms with Gasteiger partial charge in [-0.3, -0.25) is 4.99 Å². The summed E-state index contributed by atoms with van der Waals surface area (Å²) in [4.78, 5) is 8.20. The third-order valence-corrected chi connectivity index (χ3v) is 1.72. The van der Waals surface area contributed by atoms with Gasteiger partial charge < -0.3 is 10.3 Å². The average Bonchev–Trinajstić information content (AvgIpc) is 2.45. The molecule has 0 spiro atoms. The van der Waals surface area contributed by atoms with Crippen LogP contribution < -0.4 is 5.73 Å². The van der Waals surface area contributed by atoms with Crippen LogP contribution in [0.2, 0.25) is 0 Å². The Kier molecular flexibility index (Phi) is 2.88. The predicted molar refractivity (Wildman–Crippen MR) is 53.8 cm³/mol. The highest BCUT2D eigenvalue weighted by molar-refractivity contribution is 5.85. The monoisotopic (exact) mass is 196 g/mol. The van der Waals surface area contributed by atoms with Gasteiger partial charge in [0.05, 0.1) is 5.84 Å². The van der Waals surface area contributed by atoms with Crippen molar-refractivity contribution < 1.29 is 4.52 Å². The van der Waals surface area contributed by atoms with Gasteiger partial charge in [-0.25, -0.2) is 0 Å². The first-order chi connectivity index (χ1) is 6.39. The van der Waals surface area contributed by atoms with Crippen LogP contribution in [0.5, 0.6) is 0 Å². The molecule has 0 aromatic carbocycles. The number of hydrogen-bond acceptors (Lipinski definition) is 4. The number of aliphatic imine (C=N–C) groups is 1. The van der Waals surface area contributed by atoms with Crippen molar-refractivity contribution in [3.63, 3.8) is 0 Å². The van der Waals surface area contributed by atoms with Crippen LogP contribution in [-0.2, 0) is 6.54 Å². The first-order valence-corrected chi connectivity index (χ1v) is 4.49. The summed E-state index contributed by atoms with van der Waals surface area (Å²) in [5, 5.41) is 3.66. The van der Waals surface area contributed by atoms with Gasteiger partial charge in [-0.15, -0.1) is 0 Å². The summed E-state index contributed by atoms with van der Waals surface area (Å²) in [6, 6.07) is 0. The van der Waals surface area contributed by atoms with Gasteiger partial charge in [-0.1, -0.05) is 25.9 Å². The molecule has 0 amide bonds. The summed E-state index contributed by atoms with van der Waals surface area (Å²) in [6.07, 6.45) is 0. The maximum atomic E-state index is 5.77. The van der Waals surface area contributed by atoms with E-state index >= 15 is 0 Å². The van der Waals surface area contributed by atoms with Crippen molar-refractivity contribution in [2.45, 2.75) is 34.2 Å². The minimum absolute atomic E-state index is 0.116. The molecule has 1 aromatic rings. The summed E-state index contributed by atoms with van der Waals surface area (Å²) in [5.41, 5.74) is 5.65. The van der Waals surface area contributed by atoms with Crippen LogP contribution in [0.15, 0.2) is 9.52 Å². The number of nitrogens with two attached hydrogens (primary N) is 1. The lowest BCUT2D eigenvalue weighted by Gasteiger charge is -2.16. The van der Waals surface area contributed by atoms with E-state index in [1.807, 2.05) is 20.8 Å². The van der Waals surface area contributed by atoms with Gasteiger partial charge in [0.1, 0.15) is 6.54 Å². The Labute approximate surface area is 83.4 Å². The number of nitrogens with zero attached hydrogens (tertiary/aromatic N) is 3. The molecule has 1 rings (SSSR count). The zero-order chi connectivity index (χ0) is 10.8. The van der Waals surface area contributed by atoms with E-state index in [0.29, 0.717) is 24.1 Å². The number of rotatable bonds is 2. The van der Waals surface area contributed by atoms with Crippen LogP contribution in [0, 0.1) is 12.3 Å². The van der Waals surface area contributed by atoms with Crippen molar-refractivity contribution in [3.8, 4) is 0 Å². The highest BCUT2D eigenvalue weighted by Crippen LogP contribution is 2.13. The van der Waals surface area contributed by atoms with E-state index in [1.165, 1.54) is 0 Å². The van der Waals surface area contributed by atoms with E-state index in [1.54, 1.807) is 6.92 Å². The molecular weight excluding hydrogens is 180 g/mol. The second-order valence-electron chi connectivity index (χ2n) is 4.19. The molecule has 78 valence electrons. The Morgan fingerprint density at radius 2 is 2.14 bits per heavy atom. The Hall–Kier alpha value is -1.39. The fraction of sp³-hybridized carbons (Fsp3) is 0.667. The Balaban J connectivity index is 2.64. The first kappa shape index (κ1) is 10.7. The molecule has 0 bridgehead atoms. The molecule has 0 saturated carbocycles. The molecule has 1 aromatic heterocycles. The lowest BCUT2D eigenvalue weighted by molar-refractivity contribution is 0.376. The number of amidine groups is 1. The minimum Gasteiger partial charge on any atom is -0.387 e. The average molecular weight is 196 g/mol. The topological polar surface area (TPSA) is 77.3 Å². The number of hydrogen-bond donors (Lipinski definition) is 1. The van der Waals surface area contributed by atoms with Crippen molar-refractivity contribution >= 4 is 5.84 Å². The van der Waals surface area contributed by atoms with Gasteiger partial charge >= 0.3 is 0 Å². The molecule has 1 heterocycles. The summed E-state index contributed by atoms with van der Waals surface area (Å²) in [5.74, 6) is 1.70. The molecule has 0 aliphatic rings. The summed E-state index contributed by atoms with van der Waals surface area (Å²) in [6.45, 7) is 8.13. The van der Waals surface area contributed by atoms with E-state index in [0.717, 1.165) is 0 Å². The van der Waals surface area contributed by atoms with E-state index in [2.05, 4.69) is 15.1 Å². The lowest BCUT2D eigenvalue weighted by atomic mass is 9.95. The van der Waals surface area contributed by atoms with E-state index in [-0.39, 0.29) is 5.41 Å². The molecule has 0 fully saturated rings. The molecule has 0 radical (unpaired) electrons. The molecule has 0 atom stereocenters. The van der Waals surface area contributed by atoms with Crippen molar-refractivity contribution in [2.24, 2.45) is 16.1 Å². The SMILES string of the molecule is Cc1noc(CN=C(N)C(C)(C)C)n1. The standard InChI is InChI=1S/C9H16N4O/c1-6-12-7(14-13-6)5-11-8(10)9(2,3)4/h5H2,1-4H3,(H2,10,11). The fourth-order valence-electron chi connectivity index (χ4n) is 0.794.